The Morgan fingerprint density at radius 1 is 1.27 bits per heavy atom. The number of carbonyl (C=O) groups excluding carboxylic acids is 2. The molecule has 26 heavy (non-hydrogen) atoms. The number of aryl methyl sites for hydroxylation is 1. The molecule has 3 rings (SSSR count). The minimum absolute atomic E-state index is 0.0705. The van der Waals surface area contributed by atoms with Gasteiger partial charge in [0.25, 0.3) is 0 Å². The molecule has 0 spiro atoms. The highest BCUT2D eigenvalue weighted by atomic mass is 16.2. The van der Waals surface area contributed by atoms with Crippen LogP contribution in [0.25, 0.3) is 0 Å². The lowest BCUT2D eigenvalue weighted by Crippen LogP contribution is -2.56. The average Bonchev–Trinajstić information content (AvgIpc) is 3.16. The van der Waals surface area contributed by atoms with Gasteiger partial charge in [0.15, 0.2) is 0 Å². The van der Waals surface area contributed by atoms with Gasteiger partial charge in [-0.15, -0.1) is 0 Å². The molecular formula is C19H25N5O2. The van der Waals surface area contributed by atoms with E-state index >= 15 is 0 Å². The average molecular weight is 355 g/mol. The van der Waals surface area contributed by atoms with Crippen molar-refractivity contribution in [3.8, 4) is 0 Å². The molecule has 2 heterocycles. The number of hydrogen-bond donors (Lipinski definition) is 2. The van der Waals surface area contributed by atoms with Crippen LogP contribution in [0.1, 0.15) is 18.4 Å². The van der Waals surface area contributed by atoms with E-state index in [0.29, 0.717) is 19.6 Å². The number of hydrogen-bond acceptors (Lipinski definition) is 4. The van der Waals surface area contributed by atoms with Crippen molar-refractivity contribution in [2.24, 2.45) is 0 Å². The Kier molecular flexibility index (Phi) is 6.38. The maximum Gasteiger partial charge on any atom is 0.237 e. The van der Waals surface area contributed by atoms with E-state index in [0.717, 1.165) is 25.1 Å². The third-order valence-electron chi connectivity index (χ3n) is 4.49. The zero-order valence-electron chi connectivity index (χ0n) is 14.8. The largest absolute Gasteiger partial charge is 0.356 e. The van der Waals surface area contributed by atoms with E-state index in [1.54, 1.807) is 6.20 Å². The standard InChI is InChI=1S/C19H25N5O2/c25-18(20-8-4-11-24-12-5-9-22-24)14-17-19(26)21-10-13-23(17)15-16-6-2-1-3-7-16/h1-3,5-7,9,12,17H,4,8,10-11,13-15H2,(H,20,25)(H,21,26)/t17-/m1/s1. The molecule has 2 N–H and O–H groups in total. The predicted molar refractivity (Wildman–Crippen MR) is 98.1 cm³/mol. The number of nitrogens with one attached hydrogen (secondary N) is 2. The zero-order chi connectivity index (χ0) is 18.2. The van der Waals surface area contributed by atoms with Crippen LogP contribution in [-0.4, -0.2) is 52.2 Å². The van der Waals surface area contributed by atoms with E-state index < -0.39 is 6.04 Å². The van der Waals surface area contributed by atoms with E-state index in [-0.39, 0.29) is 18.2 Å². The van der Waals surface area contributed by atoms with Crippen LogP contribution >= 0.6 is 0 Å². The minimum Gasteiger partial charge on any atom is -0.356 e. The van der Waals surface area contributed by atoms with Crippen LogP contribution in [-0.2, 0) is 22.7 Å². The summed E-state index contributed by atoms with van der Waals surface area (Å²) in [5.74, 6) is -0.163. The Bertz CT molecular complexity index is 702. The summed E-state index contributed by atoms with van der Waals surface area (Å²) in [7, 11) is 0. The molecule has 1 fully saturated rings. The molecule has 0 aliphatic carbocycles. The molecule has 1 aromatic heterocycles. The van der Waals surface area contributed by atoms with Crippen molar-refractivity contribution in [3.63, 3.8) is 0 Å². The first-order chi connectivity index (χ1) is 12.7. The van der Waals surface area contributed by atoms with Gasteiger partial charge in [0.05, 0.1) is 12.5 Å². The van der Waals surface area contributed by atoms with Gasteiger partial charge in [-0.2, -0.15) is 5.10 Å². The van der Waals surface area contributed by atoms with Crippen molar-refractivity contribution in [1.29, 1.82) is 0 Å². The molecule has 138 valence electrons. The topological polar surface area (TPSA) is 79.3 Å². The molecule has 2 aromatic rings. The van der Waals surface area contributed by atoms with Crippen LogP contribution in [0.5, 0.6) is 0 Å². The quantitative estimate of drug-likeness (QED) is 0.686. The molecule has 0 bridgehead atoms. The Balaban J connectivity index is 1.48. The van der Waals surface area contributed by atoms with Crippen LogP contribution in [0.3, 0.4) is 0 Å². The molecule has 1 aliphatic rings. The Hall–Kier alpha value is -2.67. The molecule has 0 saturated carbocycles. The molecular weight excluding hydrogens is 330 g/mol. The SMILES string of the molecule is O=C(C[C@@H]1C(=O)NCCN1Cc1ccccc1)NCCCn1cccn1. The molecule has 0 radical (unpaired) electrons. The van der Waals surface area contributed by atoms with E-state index in [4.69, 9.17) is 0 Å². The summed E-state index contributed by atoms with van der Waals surface area (Å²) in [6, 6.07) is 11.5. The maximum atomic E-state index is 12.3. The summed E-state index contributed by atoms with van der Waals surface area (Å²) in [5, 5.41) is 9.91. The van der Waals surface area contributed by atoms with Crippen molar-refractivity contribution < 1.29 is 9.59 Å². The molecule has 7 heteroatoms. The van der Waals surface area contributed by atoms with Gasteiger partial charge < -0.3 is 10.6 Å². The Morgan fingerprint density at radius 3 is 2.88 bits per heavy atom. The number of benzene rings is 1. The lowest BCUT2D eigenvalue weighted by Gasteiger charge is -2.34. The second kappa shape index (κ2) is 9.15. The maximum absolute atomic E-state index is 12.3. The van der Waals surface area contributed by atoms with Gasteiger partial charge in [-0.05, 0) is 18.1 Å². The fourth-order valence-electron chi connectivity index (χ4n) is 3.14. The molecule has 1 aliphatic heterocycles. The van der Waals surface area contributed by atoms with Crippen molar-refractivity contribution in [3.05, 3.63) is 54.4 Å². The highest BCUT2D eigenvalue weighted by Crippen LogP contribution is 2.13. The molecule has 1 saturated heterocycles. The van der Waals surface area contributed by atoms with Gasteiger partial charge >= 0.3 is 0 Å². The van der Waals surface area contributed by atoms with Crippen LogP contribution < -0.4 is 10.6 Å². The zero-order valence-corrected chi connectivity index (χ0v) is 14.8. The number of rotatable bonds is 8. The number of amides is 2. The highest BCUT2D eigenvalue weighted by Gasteiger charge is 2.31. The molecule has 0 unspecified atom stereocenters. The fourth-order valence-corrected chi connectivity index (χ4v) is 3.14. The van der Waals surface area contributed by atoms with E-state index in [1.165, 1.54) is 0 Å². The summed E-state index contributed by atoms with van der Waals surface area (Å²) >= 11 is 0. The van der Waals surface area contributed by atoms with Gasteiger partial charge in [-0.3, -0.25) is 19.2 Å². The first kappa shape index (κ1) is 18.1. The van der Waals surface area contributed by atoms with Gasteiger partial charge in [-0.25, -0.2) is 0 Å². The number of nitrogens with zero attached hydrogens (tertiary/aromatic N) is 3. The van der Waals surface area contributed by atoms with Gasteiger partial charge in [0.1, 0.15) is 0 Å². The van der Waals surface area contributed by atoms with Crippen LogP contribution in [0.2, 0.25) is 0 Å². The molecule has 7 nitrogen and oxygen atoms in total. The van der Waals surface area contributed by atoms with Gasteiger partial charge in [0.2, 0.25) is 11.8 Å². The lowest BCUT2D eigenvalue weighted by atomic mass is 10.1. The second-order valence-corrected chi connectivity index (χ2v) is 6.44. The molecule has 2 amide bonds. The fraction of sp³-hybridized carbons (Fsp3) is 0.421. The third kappa shape index (κ3) is 5.16. The van der Waals surface area contributed by atoms with Crippen molar-refractivity contribution in [2.45, 2.75) is 32.0 Å². The predicted octanol–water partition coefficient (Wildman–Crippen LogP) is 0.780. The Morgan fingerprint density at radius 2 is 2.12 bits per heavy atom. The number of aromatic nitrogens is 2. The smallest absolute Gasteiger partial charge is 0.237 e. The van der Waals surface area contributed by atoms with Crippen molar-refractivity contribution >= 4 is 11.8 Å². The summed E-state index contributed by atoms with van der Waals surface area (Å²) in [6.45, 7) is 3.38. The van der Waals surface area contributed by atoms with Crippen LogP contribution in [0.15, 0.2) is 48.8 Å². The van der Waals surface area contributed by atoms with E-state index in [2.05, 4.69) is 20.6 Å². The minimum atomic E-state index is -0.421. The highest BCUT2D eigenvalue weighted by molar-refractivity contribution is 5.88. The Labute approximate surface area is 153 Å². The summed E-state index contributed by atoms with van der Waals surface area (Å²) in [4.78, 5) is 26.6. The summed E-state index contributed by atoms with van der Waals surface area (Å²) < 4.78 is 1.84. The van der Waals surface area contributed by atoms with Gasteiger partial charge in [-0.1, -0.05) is 30.3 Å². The van der Waals surface area contributed by atoms with E-state index in [9.17, 15) is 9.59 Å². The number of carbonyl (C=O) groups is 2. The molecule has 1 aromatic carbocycles. The second-order valence-electron chi connectivity index (χ2n) is 6.44. The van der Waals surface area contributed by atoms with Crippen LogP contribution in [0.4, 0.5) is 0 Å². The lowest BCUT2D eigenvalue weighted by molar-refractivity contribution is -0.134. The monoisotopic (exact) mass is 355 g/mol. The normalized spacial score (nSPS) is 17.7. The first-order valence-electron chi connectivity index (χ1n) is 9.02. The van der Waals surface area contributed by atoms with E-state index in [1.807, 2.05) is 47.3 Å². The molecule has 1 atom stereocenters. The third-order valence-corrected chi connectivity index (χ3v) is 4.49. The van der Waals surface area contributed by atoms with Crippen molar-refractivity contribution in [1.82, 2.24) is 25.3 Å². The first-order valence-corrected chi connectivity index (χ1v) is 9.02. The van der Waals surface area contributed by atoms with Crippen molar-refractivity contribution in [2.75, 3.05) is 19.6 Å². The summed E-state index contributed by atoms with van der Waals surface area (Å²) in [5.41, 5.74) is 1.15. The van der Waals surface area contributed by atoms with Gasteiger partial charge in [0, 0.05) is 45.1 Å². The number of piperazine rings is 1. The summed E-state index contributed by atoms with van der Waals surface area (Å²) in [6.07, 6.45) is 4.62. The van der Waals surface area contributed by atoms with Crippen LogP contribution in [0, 0.1) is 0 Å².